The molecule has 11 heteroatoms. The number of fused-ring (bicyclic) bond motifs is 2. The Morgan fingerprint density at radius 2 is 0.906 bits per heavy atom. The summed E-state index contributed by atoms with van der Waals surface area (Å²) >= 11 is 0. The zero-order valence-electron chi connectivity index (χ0n) is 49.2. The lowest BCUT2D eigenvalue weighted by Crippen LogP contribution is -2.30. The number of anilines is 2. The van der Waals surface area contributed by atoms with Crippen molar-refractivity contribution in [1.82, 2.24) is 5.32 Å². The zero-order chi connectivity index (χ0) is 59.3. The number of nitrogens with zero attached hydrogens (tertiary/aromatic N) is 2. The number of carbonyl (C=O) groups excluding carboxylic acids is 3. The lowest BCUT2D eigenvalue weighted by atomic mass is 9.97. The van der Waals surface area contributed by atoms with Crippen molar-refractivity contribution >= 4 is 35.2 Å². The molecule has 0 saturated heterocycles. The normalized spacial score (nSPS) is 13.2. The molecule has 2 heterocycles. The molecule has 4 N–H and O–H groups in total. The predicted octanol–water partition coefficient (Wildman–Crippen LogP) is 16.7. The van der Waals surface area contributed by atoms with Crippen molar-refractivity contribution in [1.29, 1.82) is 0 Å². The van der Waals surface area contributed by atoms with Crippen LogP contribution in [0.5, 0.6) is 0 Å². The van der Waals surface area contributed by atoms with Crippen LogP contribution in [0.15, 0.2) is 194 Å². The van der Waals surface area contributed by atoms with Crippen LogP contribution >= 0.6 is 0 Å². The third-order valence-corrected chi connectivity index (χ3v) is 14.4. The van der Waals surface area contributed by atoms with Gasteiger partial charge in [0.25, 0.3) is 5.91 Å². The van der Waals surface area contributed by atoms with Gasteiger partial charge >= 0.3 is 17.9 Å². The fourth-order valence-corrected chi connectivity index (χ4v) is 10.3. The number of carboxylic acids is 1. The van der Waals surface area contributed by atoms with E-state index in [9.17, 15) is 24.3 Å². The highest BCUT2D eigenvalue weighted by Crippen LogP contribution is 2.34. The molecule has 11 nitrogen and oxygen atoms in total. The fourth-order valence-electron chi connectivity index (χ4n) is 10.3. The number of hydrogen-bond donors (Lipinski definition) is 3. The molecule has 0 aliphatic carbocycles. The number of hydrogen-bond acceptors (Lipinski definition) is 9. The second-order valence-electron chi connectivity index (χ2n) is 23.3. The van der Waals surface area contributed by atoms with E-state index >= 15 is 0 Å². The van der Waals surface area contributed by atoms with Crippen LogP contribution in [-0.2, 0) is 35.4 Å². The Morgan fingerprint density at radius 1 is 0.518 bits per heavy atom. The number of rotatable bonds is 13. The van der Waals surface area contributed by atoms with Gasteiger partial charge in [-0.25, -0.2) is 14.4 Å². The van der Waals surface area contributed by atoms with Gasteiger partial charge in [0.05, 0.1) is 22.7 Å². The van der Waals surface area contributed by atoms with E-state index in [1.165, 1.54) is 22.4 Å². The van der Waals surface area contributed by atoms with Crippen LogP contribution in [0.1, 0.15) is 170 Å². The fraction of sp³-hybridized carbons (Fsp3) is 0.297. The molecule has 0 bridgehead atoms. The smallest absolute Gasteiger partial charge is 0.339 e. The standard InChI is InChI=1S/C36H38N2O3.C28H29NO4.C8H11N.2CH4/c1-25(27-11-6-5-7-12-27)37-34(39)30-20-21-33-29(23-30)13-10-22-38(33)24-26-16-18-28(19-17-26)31-14-8-9-15-32(31)35(40)41-36(2,3)4;1-28(2,3)33-27(32)24-9-5-4-8-23(24)20-12-10-19(11-13-20)18-29-16-6-7-21-17-22(26(30)31)14-15-25(21)29;1-7(9)8-5-3-2-4-6-8;;/h5-9,11-12,14-21,23,25H,10,13,22,24H2,1-4H3,(H,37,39);4-5,8-15,17H,6-7,16,18H2,1-3H3,(H,30,31);2-7H,9H2,1H3;2*1H4/t25-;;7-;;/m0.0../s1. The molecule has 0 aromatic heterocycles. The molecular weight excluding hydrogens is 1060 g/mol. The largest absolute Gasteiger partial charge is 0.478 e. The Balaban J connectivity index is 0.000000236. The van der Waals surface area contributed by atoms with E-state index in [-0.39, 0.29) is 44.8 Å². The highest BCUT2D eigenvalue weighted by Gasteiger charge is 2.25. The van der Waals surface area contributed by atoms with Crippen LogP contribution in [0.25, 0.3) is 22.3 Å². The first kappa shape index (κ1) is 65.4. The van der Waals surface area contributed by atoms with Crippen LogP contribution in [-0.4, -0.2) is 53.2 Å². The highest BCUT2D eigenvalue weighted by atomic mass is 16.6. The van der Waals surface area contributed by atoms with Gasteiger partial charge < -0.3 is 35.4 Å². The Bertz CT molecular complexity index is 3490. The Labute approximate surface area is 504 Å². The predicted molar refractivity (Wildman–Crippen MR) is 348 cm³/mol. The number of benzene rings is 8. The van der Waals surface area contributed by atoms with Crippen LogP contribution in [0.2, 0.25) is 0 Å². The molecule has 2 aliphatic heterocycles. The van der Waals surface area contributed by atoms with Gasteiger partial charge in [-0.15, -0.1) is 0 Å². The molecule has 8 aromatic rings. The molecule has 85 heavy (non-hydrogen) atoms. The minimum atomic E-state index is -0.892. The summed E-state index contributed by atoms with van der Waals surface area (Å²) in [4.78, 5) is 54.5. The van der Waals surface area contributed by atoms with Crippen molar-refractivity contribution < 1.29 is 33.8 Å². The first-order chi connectivity index (χ1) is 39.7. The molecule has 10 rings (SSSR count). The van der Waals surface area contributed by atoms with Crippen molar-refractivity contribution in [3.63, 3.8) is 0 Å². The molecule has 1 amide bonds. The van der Waals surface area contributed by atoms with Gasteiger partial charge in [-0.2, -0.15) is 0 Å². The maximum Gasteiger partial charge on any atom is 0.339 e. The quantitative estimate of drug-likeness (QED) is 0.0952. The van der Waals surface area contributed by atoms with E-state index in [0.29, 0.717) is 22.3 Å². The molecule has 0 fully saturated rings. The van der Waals surface area contributed by atoms with Crippen molar-refractivity contribution in [2.75, 3.05) is 22.9 Å². The number of carboxylic acid groups (broad SMARTS) is 1. The average Bonchev–Trinajstić information content (AvgIpc) is 3.60. The number of nitrogens with two attached hydrogens (primary N) is 1. The summed E-state index contributed by atoms with van der Waals surface area (Å²) in [5, 5.41) is 12.4. The van der Waals surface area contributed by atoms with E-state index < -0.39 is 17.2 Å². The van der Waals surface area contributed by atoms with Crippen LogP contribution in [0.3, 0.4) is 0 Å². The minimum Gasteiger partial charge on any atom is -0.478 e. The van der Waals surface area contributed by atoms with E-state index in [0.717, 1.165) is 96.5 Å². The topological polar surface area (TPSA) is 152 Å². The summed E-state index contributed by atoms with van der Waals surface area (Å²) in [6.45, 7) is 18.6. The molecule has 2 atom stereocenters. The summed E-state index contributed by atoms with van der Waals surface area (Å²) in [6.07, 6.45) is 3.90. The maximum absolute atomic E-state index is 13.0. The Morgan fingerprint density at radius 3 is 1.31 bits per heavy atom. The van der Waals surface area contributed by atoms with Crippen LogP contribution < -0.4 is 20.9 Å². The first-order valence-corrected chi connectivity index (χ1v) is 28.7. The van der Waals surface area contributed by atoms with Gasteiger partial charge in [0, 0.05) is 49.2 Å². The summed E-state index contributed by atoms with van der Waals surface area (Å²) in [5.41, 5.74) is 19.5. The molecular formula is C74H86N4O7. The average molecular weight is 1140 g/mol. The van der Waals surface area contributed by atoms with Crippen molar-refractivity contribution in [2.24, 2.45) is 5.73 Å². The summed E-state index contributed by atoms with van der Waals surface area (Å²) in [5.74, 6) is -1.58. The van der Waals surface area contributed by atoms with Gasteiger partial charge in [-0.1, -0.05) is 160 Å². The molecule has 0 saturated carbocycles. The second-order valence-corrected chi connectivity index (χ2v) is 23.3. The third-order valence-electron chi connectivity index (χ3n) is 14.4. The minimum absolute atomic E-state index is 0. The number of aromatic carboxylic acids is 1. The summed E-state index contributed by atoms with van der Waals surface area (Å²) < 4.78 is 11.2. The van der Waals surface area contributed by atoms with E-state index in [4.69, 9.17) is 15.2 Å². The number of esters is 2. The molecule has 444 valence electrons. The van der Waals surface area contributed by atoms with E-state index in [1.54, 1.807) is 18.2 Å². The van der Waals surface area contributed by atoms with Crippen molar-refractivity contribution in [2.45, 2.75) is 132 Å². The highest BCUT2D eigenvalue weighted by molar-refractivity contribution is 5.98. The Kier molecular flexibility index (Phi) is 22.8. The van der Waals surface area contributed by atoms with Gasteiger partial charge in [0.15, 0.2) is 0 Å². The van der Waals surface area contributed by atoms with Crippen LogP contribution in [0.4, 0.5) is 11.4 Å². The van der Waals surface area contributed by atoms with Gasteiger partial charge in [0.1, 0.15) is 11.2 Å². The number of nitrogens with one attached hydrogen (secondary N) is 1. The number of carbonyl (C=O) groups is 4. The van der Waals surface area contributed by atoms with Gasteiger partial charge in [-0.05, 0) is 185 Å². The number of amides is 1. The van der Waals surface area contributed by atoms with Crippen molar-refractivity contribution in [3.8, 4) is 22.3 Å². The molecule has 0 radical (unpaired) electrons. The first-order valence-electron chi connectivity index (χ1n) is 28.7. The second kappa shape index (κ2) is 29.6. The van der Waals surface area contributed by atoms with E-state index in [1.807, 2.05) is 189 Å². The number of ether oxygens (including phenoxy) is 2. The Hall–Kier alpha value is -8.80. The maximum atomic E-state index is 13.0. The van der Waals surface area contributed by atoms with Crippen molar-refractivity contribution in [3.05, 3.63) is 250 Å². The van der Waals surface area contributed by atoms with Gasteiger partial charge in [-0.3, -0.25) is 4.79 Å². The lowest BCUT2D eigenvalue weighted by Gasteiger charge is -2.32. The van der Waals surface area contributed by atoms with E-state index in [2.05, 4.69) is 57.6 Å². The third kappa shape index (κ3) is 18.1. The molecule has 0 spiro atoms. The number of aryl methyl sites for hydroxylation is 2. The monoisotopic (exact) mass is 1140 g/mol. The summed E-state index contributed by atoms with van der Waals surface area (Å²) in [7, 11) is 0. The molecule has 0 unspecified atom stereocenters. The zero-order valence-corrected chi connectivity index (χ0v) is 49.2. The summed E-state index contributed by atoms with van der Waals surface area (Å²) in [6, 6.07) is 63.4. The SMILES string of the molecule is C.C.CC(C)(C)OC(=O)c1ccccc1-c1ccc(CN2CCCc3cc(C(=O)O)ccc32)cc1.C[C@H](N)c1ccccc1.C[C@H](NC(=O)c1ccc2c(c1)CCCN2Cc1ccc(-c2ccccc2C(=O)OC(C)(C)C)cc1)c1ccccc1. The van der Waals surface area contributed by atoms with Crippen LogP contribution in [0, 0.1) is 0 Å². The van der Waals surface area contributed by atoms with Gasteiger partial charge in [0.2, 0.25) is 0 Å². The lowest BCUT2D eigenvalue weighted by molar-refractivity contribution is 0.00578. The molecule has 8 aromatic carbocycles. The molecule has 2 aliphatic rings.